The molecule has 96 valence electrons. The van der Waals surface area contributed by atoms with Crippen molar-refractivity contribution >= 4 is 5.82 Å². The van der Waals surface area contributed by atoms with Crippen molar-refractivity contribution < 1.29 is 13.2 Å². The van der Waals surface area contributed by atoms with Crippen molar-refractivity contribution in [1.82, 2.24) is 15.0 Å². The van der Waals surface area contributed by atoms with Crippen LogP contribution in [0.1, 0.15) is 11.4 Å². The zero-order valence-electron chi connectivity index (χ0n) is 9.33. The van der Waals surface area contributed by atoms with Gasteiger partial charge in [0.2, 0.25) is 0 Å². The molecule has 2 heterocycles. The van der Waals surface area contributed by atoms with E-state index in [1.54, 1.807) is 12.4 Å². The number of rotatable bonds is 4. The maximum atomic E-state index is 12.3. The number of hydrogen-bond donors (Lipinski definition) is 2. The van der Waals surface area contributed by atoms with Gasteiger partial charge in [-0.1, -0.05) is 0 Å². The smallest absolute Gasteiger partial charge is 0.370 e. The predicted molar refractivity (Wildman–Crippen MR) is 60.0 cm³/mol. The summed E-state index contributed by atoms with van der Waals surface area (Å²) < 4.78 is 36.9. The van der Waals surface area contributed by atoms with Crippen molar-refractivity contribution in [3.05, 3.63) is 42.1 Å². The molecular weight excluding hydrogens is 245 g/mol. The fourth-order valence-corrected chi connectivity index (χ4v) is 1.41. The van der Waals surface area contributed by atoms with Crippen molar-refractivity contribution in [2.24, 2.45) is 0 Å². The summed E-state index contributed by atoms with van der Waals surface area (Å²) in [6.45, 7) is 0.547. The van der Waals surface area contributed by atoms with E-state index in [9.17, 15) is 13.2 Å². The van der Waals surface area contributed by atoms with Gasteiger partial charge in [0.15, 0.2) is 0 Å². The van der Waals surface area contributed by atoms with Gasteiger partial charge in [-0.15, -0.1) is 0 Å². The molecule has 0 spiro atoms. The second kappa shape index (κ2) is 5.07. The van der Waals surface area contributed by atoms with Crippen LogP contribution in [0.5, 0.6) is 0 Å². The van der Waals surface area contributed by atoms with Crippen molar-refractivity contribution in [3.8, 4) is 0 Å². The first-order valence-electron chi connectivity index (χ1n) is 5.31. The molecule has 0 saturated carbocycles. The molecule has 0 unspecified atom stereocenters. The number of anilines is 1. The van der Waals surface area contributed by atoms with Crippen LogP contribution in [0.15, 0.2) is 30.7 Å². The van der Waals surface area contributed by atoms with E-state index in [0.29, 0.717) is 18.8 Å². The molecule has 18 heavy (non-hydrogen) atoms. The van der Waals surface area contributed by atoms with Gasteiger partial charge in [-0.2, -0.15) is 13.2 Å². The molecule has 0 saturated heterocycles. The van der Waals surface area contributed by atoms with Crippen molar-refractivity contribution in [1.29, 1.82) is 0 Å². The summed E-state index contributed by atoms with van der Waals surface area (Å²) in [5, 5.41) is 2.92. The third kappa shape index (κ3) is 3.22. The number of alkyl halides is 3. The van der Waals surface area contributed by atoms with Crippen LogP contribution in [0.25, 0.3) is 0 Å². The van der Waals surface area contributed by atoms with E-state index in [0.717, 1.165) is 18.1 Å². The summed E-state index contributed by atoms with van der Waals surface area (Å²) in [6, 6.07) is 2.31. The first-order valence-corrected chi connectivity index (χ1v) is 5.31. The lowest BCUT2D eigenvalue weighted by molar-refractivity contribution is -0.137. The number of aromatic amines is 1. The fourth-order valence-electron chi connectivity index (χ4n) is 1.41. The van der Waals surface area contributed by atoms with Gasteiger partial charge < -0.3 is 10.3 Å². The van der Waals surface area contributed by atoms with E-state index >= 15 is 0 Å². The van der Waals surface area contributed by atoms with E-state index < -0.39 is 11.7 Å². The monoisotopic (exact) mass is 256 g/mol. The molecule has 0 fully saturated rings. The minimum atomic E-state index is -4.35. The Morgan fingerprint density at radius 1 is 1.22 bits per heavy atom. The van der Waals surface area contributed by atoms with Crippen molar-refractivity contribution in [3.63, 3.8) is 0 Å². The van der Waals surface area contributed by atoms with Gasteiger partial charge in [0.05, 0.1) is 5.56 Å². The highest BCUT2D eigenvalue weighted by atomic mass is 19.4. The average molecular weight is 256 g/mol. The molecule has 2 aromatic rings. The van der Waals surface area contributed by atoms with Crippen LogP contribution in [0, 0.1) is 0 Å². The Bertz CT molecular complexity index is 476. The van der Waals surface area contributed by atoms with Gasteiger partial charge in [0, 0.05) is 31.6 Å². The maximum Gasteiger partial charge on any atom is 0.417 e. The molecule has 0 aliphatic heterocycles. The van der Waals surface area contributed by atoms with Crippen LogP contribution in [0.3, 0.4) is 0 Å². The molecule has 7 heteroatoms. The molecule has 0 amide bonds. The quantitative estimate of drug-likeness (QED) is 0.883. The van der Waals surface area contributed by atoms with Gasteiger partial charge in [-0.25, -0.2) is 9.97 Å². The third-order valence-corrected chi connectivity index (χ3v) is 2.31. The molecule has 0 bridgehead atoms. The molecular formula is C11H11F3N4. The minimum absolute atomic E-state index is 0.412. The average Bonchev–Trinajstić information content (AvgIpc) is 2.82. The van der Waals surface area contributed by atoms with E-state index in [1.807, 2.05) is 0 Å². The third-order valence-electron chi connectivity index (χ3n) is 2.31. The molecule has 2 aromatic heterocycles. The number of imidazole rings is 1. The van der Waals surface area contributed by atoms with E-state index in [4.69, 9.17) is 0 Å². The molecule has 0 aliphatic carbocycles. The largest absolute Gasteiger partial charge is 0.417 e. The summed E-state index contributed by atoms with van der Waals surface area (Å²) in [5.41, 5.74) is -0.751. The van der Waals surface area contributed by atoms with Crippen LogP contribution in [-0.4, -0.2) is 21.5 Å². The lowest BCUT2D eigenvalue weighted by Crippen LogP contribution is -2.09. The summed E-state index contributed by atoms with van der Waals surface area (Å²) in [4.78, 5) is 10.7. The number of H-pyrrole nitrogens is 1. The molecule has 0 aliphatic rings. The first-order chi connectivity index (χ1) is 8.55. The van der Waals surface area contributed by atoms with Crippen LogP contribution >= 0.6 is 0 Å². The molecule has 2 N–H and O–H groups in total. The lowest BCUT2D eigenvalue weighted by atomic mass is 10.3. The molecule has 0 aromatic carbocycles. The van der Waals surface area contributed by atoms with E-state index in [1.165, 1.54) is 6.07 Å². The second-order valence-electron chi connectivity index (χ2n) is 3.64. The standard InChI is InChI=1S/C11H11F3N4/c12-11(13,14)8-1-2-9(18-7-8)15-4-3-10-16-5-6-17-10/h1-2,5-7H,3-4H2,(H,15,18)(H,16,17). The Labute approximate surface area is 101 Å². The number of nitrogens with one attached hydrogen (secondary N) is 2. The lowest BCUT2D eigenvalue weighted by Gasteiger charge is -2.08. The van der Waals surface area contributed by atoms with Gasteiger partial charge in [0.25, 0.3) is 0 Å². The molecule has 4 nitrogen and oxygen atoms in total. The highest BCUT2D eigenvalue weighted by Crippen LogP contribution is 2.28. The van der Waals surface area contributed by atoms with Gasteiger partial charge >= 0.3 is 6.18 Å². The Balaban J connectivity index is 1.87. The van der Waals surface area contributed by atoms with Gasteiger partial charge in [-0.05, 0) is 12.1 Å². The Kier molecular flexibility index (Phi) is 3.50. The predicted octanol–water partition coefficient (Wildman–Crippen LogP) is 2.48. The van der Waals surface area contributed by atoms with Gasteiger partial charge in [0.1, 0.15) is 11.6 Å². The highest BCUT2D eigenvalue weighted by molar-refractivity contribution is 5.36. The topological polar surface area (TPSA) is 53.6 Å². The SMILES string of the molecule is FC(F)(F)c1ccc(NCCc2ncc[nH]2)nc1. The van der Waals surface area contributed by atoms with Crippen LogP contribution in [0.2, 0.25) is 0 Å². The minimum Gasteiger partial charge on any atom is -0.370 e. The van der Waals surface area contributed by atoms with Crippen LogP contribution < -0.4 is 5.32 Å². The van der Waals surface area contributed by atoms with Crippen LogP contribution in [0.4, 0.5) is 19.0 Å². The Morgan fingerprint density at radius 3 is 2.61 bits per heavy atom. The maximum absolute atomic E-state index is 12.3. The zero-order valence-corrected chi connectivity index (χ0v) is 9.33. The highest BCUT2D eigenvalue weighted by Gasteiger charge is 2.30. The molecule has 2 rings (SSSR count). The zero-order chi connectivity index (χ0) is 13.0. The van der Waals surface area contributed by atoms with Crippen molar-refractivity contribution in [2.45, 2.75) is 12.6 Å². The summed E-state index contributed by atoms with van der Waals surface area (Å²) >= 11 is 0. The number of nitrogens with zero attached hydrogens (tertiary/aromatic N) is 2. The summed E-state index contributed by atoms with van der Waals surface area (Å²) in [5.74, 6) is 1.23. The number of pyridine rings is 1. The number of aromatic nitrogens is 3. The normalized spacial score (nSPS) is 11.5. The Morgan fingerprint density at radius 2 is 2.06 bits per heavy atom. The van der Waals surface area contributed by atoms with Crippen LogP contribution in [-0.2, 0) is 12.6 Å². The van der Waals surface area contributed by atoms with Crippen molar-refractivity contribution in [2.75, 3.05) is 11.9 Å². The molecule has 0 atom stereocenters. The summed E-state index contributed by atoms with van der Waals surface area (Å²) in [6.07, 6.45) is 0.474. The number of hydrogen-bond acceptors (Lipinski definition) is 3. The Hall–Kier alpha value is -2.05. The fraction of sp³-hybridized carbons (Fsp3) is 0.273. The number of halogens is 3. The summed E-state index contributed by atoms with van der Waals surface area (Å²) in [7, 11) is 0. The van der Waals surface area contributed by atoms with E-state index in [-0.39, 0.29) is 0 Å². The first kappa shape index (κ1) is 12.4. The van der Waals surface area contributed by atoms with Gasteiger partial charge in [-0.3, -0.25) is 0 Å². The second-order valence-corrected chi connectivity index (χ2v) is 3.64. The van der Waals surface area contributed by atoms with E-state index in [2.05, 4.69) is 20.3 Å². The molecule has 0 radical (unpaired) electrons.